The van der Waals surface area contributed by atoms with Gasteiger partial charge in [-0.25, -0.2) is 0 Å². The molecule has 5 nitrogen and oxygen atoms in total. The van der Waals surface area contributed by atoms with Crippen LogP contribution in [0.3, 0.4) is 0 Å². The number of rotatable bonds is 4. The standard InChI is InChI=1S/C17H19N3O2S2/c1-17(2)11-8-10(20(3)6-7-21)4-5-12(11)18-14(17)9-13-15(22)19-16(23)24-13/h4-5,8-9,21H,6-7H2,1-3H3,(H,19,22,23)/b13-9-. The fourth-order valence-electron chi connectivity index (χ4n) is 2.80. The lowest BCUT2D eigenvalue weighted by molar-refractivity contribution is -0.115. The van der Waals surface area contributed by atoms with E-state index in [1.54, 1.807) is 0 Å². The third-order valence-electron chi connectivity index (χ3n) is 4.32. The zero-order valence-electron chi connectivity index (χ0n) is 13.8. The molecular weight excluding hydrogens is 342 g/mol. The number of hydrogen-bond acceptors (Lipinski definition) is 6. The van der Waals surface area contributed by atoms with Gasteiger partial charge in [-0.05, 0) is 29.8 Å². The lowest BCUT2D eigenvalue weighted by atomic mass is 9.81. The summed E-state index contributed by atoms with van der Waals surface area (Å²) in [5, 5.41) is 11.7. The molecule has 2 aliphatic rings. The predicted molar refractivity (Wildman–Crippen MR) is 103 cm³/mol. The van der Waals surface area contributed by atoms with E-state index in [0.29, 0.717) is 15.8 Å². The van der Waals surface area contributed by atoms with Crippen LogP contribution < -0.4 is 10.2 Å². The van der Waals surface area contributed by atoms with Crippen molar-refractivity contribution in [3.05, 3.63) is 34.7 Å². The number of benzene rings is 1. The number of nitrogens with one attached hydrogen (secondary N) is 1. The molecule has 0 saturated carbocycles. The molecule has 1 saturated heterocycles. The maximum atomic E-state index is 11.9. The Bertz CT molecular complexity index is 784. The first-order valence-electron chi connectivity index (χ1n) is 7.63. The molecule has 24 heavy (non-hydrogen) atoms. The number of hydrogen-bond donors (Lipinski definition) is 2. The Balaban J connectivity index is 1.94. The molecule has 1 amide bonds. The van der Waals surface area contributed by atoms with Crippen molar-refractivity contribution in [1.29, 1.82) is 0 Å². The molecule has 0 aromatic heterocycles. The average Bonchev–Trinajstić information content (AvgIpc) is 2.96. The monoisotopic (exact) mass is 361 g/mol. The highest BCUT2D eigenvalue weighted by atomic mass is 32.2. The molecular formula is C17H19N3O2S2. The first kappa shape index (κ1) is 17.1. The van der Waals surface area contributed by atoms with Gasteiger partial charge in [0.05, 0.1) is 22.9 Å². The third kappa shape index (κ3) is 2.99. The summed E-state index contributed by atoms with van der Waals surface area (Å²) in [4.78, 5) is 19.2. The van der Waals surface area contributed by atoms with E-state index in [-0.39, 0.29) is 17.9 Å². The molecule has 2 aliphatic heterocycles. The van der Waals surface area contributed by atoms with Crippen LogP contribution >= 0.6 is 24.0 Å². The van der Waals surface area contributed by atoms with Gasteiger partial charge in [-0.15, -0.1) is 0 Å². The zero-order chi connectivity index (χ0) is 17.5. The Hall–Kier alpha value is -1.70. The third-order valence-corrected chi connectivity index (χ3v) is 5.48. The Morgan fingerprint density at radius 3 is 2.83 bits per heavy atom. The quantitative estimate of drug-likeness (QED) is 0.637. The number of amides is 1. The summed E-state index contributed by atoms with van der Waals surface area (Å²) in [6.07, 6.45) is 1.83. The van der Waals surface area contributed by atoms with E-state index < -0.39 is 0 Å². The van der Waals surface area contributed by atoms with E-state index in [9.17, 15) is 4.79 Å². The van der Waals surface area contributed by atoms with Crippen LogP contribution in [0.25, 0.3) is 0 Å². The Morgan fingerprint density at radius 1 is 1.46 bits per heavy atom. The fraction of sp³-hybridized carbons (Fsp3) is 0.353. The van der Waals surface area contributed by atoms with E-state index >= 15 is 0 Å². The molecule has 2 heterocycles. The van der Waals surface area contributed by atoms with Crippen molar-refractivity contribution in [2.45, 2.75) is 19.3 Å². The van der Waals surface area contributed by atoms with Gasteiger partial charge in [0.25, 0.3) is 5.91 Å². The minimum Gasteiger partial charge on any atom is -0.395 e. The number of likely N-dealkylation sites (N-methyl/N-ethyl adjacent to an activating group) is 1. The number of nitrogens with zero attached hydrogens (tertiary/aromatic N) is 2. The highest BCUT2D eigenvalue weighted by molar-refractivity contribution is 8.26. The minimum absolute atomic E-state index is 0.108. The van der Waals surface area contributed by atoms with Crippen molar-refractivity contribution in [1.82, 2.24) is 5.32 Å². The van der Waals surface area contributed by atoms with Gasteiger partial charge in [-0.1, -0.05) is 37.8 Å². The van der Waals surface area contributed by atoms with Crippen LogP contribution in [0.4, 0.5) is 11.4 Å². The number of thioether (sulfide) groups is 1. The van der Waals surface area contributed by atoms with Gasteiger partial charge >= 0.3 is 0 Å². The lowest BCUT2D eigenvalue weighted by Crippen LogP contribution is -2.26. The number of aliphatic hydroxyl groups is 1. The molecule has 0 radical (unpaired) electrons. The average molecular weight is 361 g/mol. The summed E-state index contributed by atoms with van der Waals surface area (Å²) < 4.78 is 0.480. The van der Waals surface area contributed by atoms with Crippen molar-refractivity contribution in [2.75, 3.05) is 25.1 Å². The lowest BCUT2D eigenvalue weighted by Gasteiger charge is -2.24. The van der Waals surface area contributed by atoms with Crippen molar-refractivity contribution in [3.63, 3.8) is 0 Å². The van der Waals surface area contributed by atoms with E-state index in [4.69, 9.17) is 22.3 Å². The van der Waals surface area contributed by atoms with Crippen LogP contribution in [-0.4, -0.2) is 41.2 Å². The van der Waals surface area contributed by atoms with Gasteiger partial charge in [0.1, 0.15) is 4.32 Å². The van der Waals surface area contributed by atoms with Crippen LogP contribution in [0.5, 0.6) is 0 Å². The molecule has 1 aromatic rings. The van der Waals surface area contributed by atoms with Gasteiger partial charge in [0.2, 0.25) is 0 Å². The molecule has 0 bridgehead atoms. The van der Waals surface area contributed by atoms with Crippen molar-refractivity contribution < 1.29 is 9.90 Å². The number of aliphatic hydroxyl groups excluding tert-OH is 1. The fourth-order valence-corrected chi connectivity index (χ4v) is 3.82. The SMILES string of the molecule is CN(CCO)c1ccc2c(c1)C(C)(C)C(/C=C1\SC(=S)NC1=O)=N2. The molecule has 2 N–H and O–H groups in total. The summed E-state index contributed by atoms with van der Waals surface area (Å²) in [5.41, 5.74) is 3.61. The topological polar surface area (TPSA) is 64.9 Å². The van der Waals surface area contributed by atoms with Crippen molar-refractivity contribution in [2.24, 2.45) is 4.99 Å². The highest BCUT2D eigenvalue weighted by Crippen LogP contribution is 2.43. The van der Waals surface area contributed by atoms with Gasteiger partial charge in [-0.3, -0.25) is 9.79 Å². The van der Waals surface area contributed by atoms with Gasteiger partial charge in [-0.2, -0.15) is 0 Å². The van der Waals surface area contributed by atoms with E-state index in [2.05, 4.69) is 25.2 Å². The summed E-state index contributed by atoms with van der Waals surface area (Å²) in [5.74, 6) is -0.164. The van der Waals surface area contributed by atoms with Gasteiger partial charge < -0.3 is 15.3 Å². The van der Waals surface area contributed by atoms with Gasteiger partial charge in [0.15, 0.2) is 0 Å². The van der Waals surface area contributed by atoms with Crippen molar-refractivity contribution >= 4 is 51.3 Å². The number of carbonyl (C=O) groups is 1. The number of anilines is 1. The number of aliphatic imine (C=N–C) groups is 1. The maximum Gasteiger partial charge on any atom is 0.263 e. The second-order valence-corrected chi connectivity index (χ2v) is 8.04. The molecule has 0 atom stereocenters. The summed E-state index contributed by atoms with van der Waals surface area (Å²) in [6, 6.07) is 6.08. The van der Waals surface area contributed by atoms with Crippen LogP contribution in [0.1, 0.15) is 19.4 Å². The van der Waals surface area contributed by atoms with Crippen molar-refractivity contribution in [3.8, 4) is 0 Å². The molecule has 0 spiro atoms. The minimum atomic E-state index is -0.302. The van der Waals surface area contributed by atoms with Crippen LogP contribution in [0.2, 0.25) is 0 Å². The molecule has 1 fully saturated rings. The van der Waals surface area contributed by atoms with E-state index in [1.807, 2.05) is 30.2 Å². The van der Waals surface area contributed by atoms with Crippen LogP contribution in [0, 0.1) is 0 Å². The Labute approximate surface area is 150 Å². The first-order chi connectivity index (χ1) is 11.3. The second kappa shape index (κ2) is 6.31. The zero-order valence-corrected chi connectivity index (χ0v) is 15.4. The first-order valence-corrected chi connectivity index (χ1v) is 8.86. The summed E-state index contributed by atoms with van der Waals surface area (Å²) >= 11 is 6.31. The molecule has 3 rings (SSSR count). The highest BCUT2D eigenvalue weighted by Gasteiger charge is 2.35. The molecule has 1 aromatic carbocycles. The van der Waals surface area contributed by atoms with E-state index in [0.717, 1.165) is 22.6 Å². The summed E-state index contributed by atoms with van der Waals surface area (Å²) in [6.45, 7) is 4.88. The number of allylic oxidation sites excluding steroid dienone is 1. The predicted octanol–water partition coefficient (Wildman–Crippen LogP) is 2.51. The number of thiocarbonyl (C=S) groups is 1. The molecule has 0 aliphatic carbocycles. The number of carbonyl (C=O) groups excluding carboxylic acids is 1. The maximum absolute atomic E-state index is 11.9. The second-order valence-electron chi connectivity index (χ2n) is 6.32. The largest absolute Gasteiger partial charge is 0.395 e. The van der Waals surface area contributed by atoms with Gasteiger partial charge in [0, 0.05) is 24.7 Å². The Kier molecular flexibility index (Phi) is 4.50. The van der Waals surface area contributed by atoms with E-state index in [1.165, 1.54) is 11.8 Å². The van der Waals surface area contributed by atoms with Crippen LogP contribution in [-0.2, 0) is 10.2 Å². The molecule has 7 heteroatoms. The summed E-state index contributed by atoms with van der Waals surface area (Å²) in [7, 11) is 1.95. The molecule has 0 unspecified atom stereocenters. The normalized spacial score (nSPS) is 20.2. The van der Waals surface area contributed by atoms with Crippen LogP contribution in [0.15, 0.2) is 34.2 Å². The Morgan fingerprint density at radius 2 is 2.21 bits per heavy atom. The number of fused-ring (bicyclic) bond motifs is 1. The smallest absolute Gasteiger partial charge is 0.263 e. The molecule has 126 valence electrons.